The third-order valence-corrected chi connectivity index (χ3v) is 3.38. The van der Waals surface area contributed by atoms with Gasteiger partial charge < -0.3 is 5.32 Å². The van der Waals surface area contributed by atoms with Crippen LogP contribution >= 0.6 is 0 Å². The first-order valence-corrected chi connectivity index (χ1v) is 6.72. The zero-order valence-electron chi connectivity index (χ0n) is 11.2. The lowest BCUT2D eigenvalue weighted by molar-refractivity contribution is -0.116. The van der Waals surface area contributed by atoms with Gasteiger partial charge in [0.05, 0.1) is 0 Å². The molecule has 0 fully saturated rings. The predicted octanol–water partition coefficient (Wildman–Crippen LogP) is 3.44. The van der Waals surface area contributed by atoms with Crippen LogP contribution in [0.5, 0.6) is 0 Å². The summed E-state index contributed by atoms with van der Waals surface area (Å²) < 4.78 is 0. The summed E-state index contributed by atoms with van der Waals surface area (Å²) in [6.07, 6.45) is 2.70. The van der Waals surface area contributed by atoms with Gasteiger partial charge in [0.15, 0.2) is 5.78 Å². The molecule has 0 unspecified atom stereocenters. The molecule has 1 aromatic carbocycles. The number of rotatable bonds is 4. The van der Waals surface area contributed by atoms with Crippen molar-refractivity contribution in [1.82, 2.24) is 5.32 Å². The van der Waals surface area contributed by atoms with E-state index >= 15 is 0 Å². The Morgan fingerprint density at radius 2 is 1.89 bits per heavy atom. The number of carbonyl (C=O) groups excluding carboxylic acids is 1. The number of Topliss-reactive ketones (excluding diaryl/α,β-unsaturated/α-hetero) is 1. The highest BCUT2D eigenvalue weighted by atomic mass is 16.1. The molecule has 2 rings (SSSR count). The number of carbonyl (C=O) groups is 1. The molecule has 1 aliphatic rings. The number of ketones is 1. The summed E-state index contributed by atoms with van der Waals surface area (Å²) in [5, 5.41) is 3.46. The van der Waals surface area contributed by atoms with Gasteiger partial charge >= 0.3 is 0 Å². The molecule has 0 aliphatic heterocycles. The second-order valence-corrected chi connectivity index (χ2v) is 5.16. The minimum Gasteiger partial charge on any atom is -0.384 e. The summed E-state index contributed by atoms with van der Waals surface area (Å²) >= 11 is 0. The highest BCUT2D eigenvalue weighted by molar-refractivity contribution is 5.97. The van der Waals surface area contributed by atoms with E-state index in [-0.39, 0.29) is 0 Å². The topological polar surface area (TPSA) is 29.1 Å². The van der Waals surface area contributed by atoms with Crippen molar-refractivity contribution >= 4 is 5.78 Å². The van der Waals surface area contributed by atoms with Crippen molar-refractivity contribution in [2.24, 2.45) is 5.92 Å². The zero-order valence-corrected chi connectivity index (χ0v) is 11.2. The van der Waals surface area contributed by atoms with Gasteiger partial charge in [-0.2, -0.15) is 0 Å². The van der Waals surface area contributed by atoms with Crippen LogP contribution in [0.4, 0.5) is 0 Å². The highest BCUT2D eigenvalue weighted by Gasteiger charge is 2.22. The Kier molecular flexibility index (Phi) is 4.19. The number of nitrogens with one attached hydrogen (secondary N) is 1. The van der Waals surface area contributed by atoms with Gasteiger partial charge in [0.25, 0.3) is 0 Å². The summed E-state index contributed by atoms with van der Waals surface area (Å²) in [4.78, 5) is 12.0. The maximum atomic E-state index is 12.0. The second kappa shape index (κ2) is 5.85. The Bertz CT molecular complexity index is 445. The van der Waals surface area contributed by atoms with Gasteiger partial charge in [-0.3, -0.25) is 4.79 Å². The Labute approximate surface area is 109 Å². The van der Waals surface area contributed by atoms with Gasteiger partial charge in [-0.15, -0.1) is 0 Å². The van der Waals surface area contributed by atoms with Gasteiger partial charge in [-0.25, -0.2) is 0 Å². The van der Waals surface area contributed by atoms with E-state index in [4.69, 9.17) is 0 Å². The average molecular weight is 243 g/mol. The van der Waals surface area contributed by atoms with Crippen LogP contribution in [0.1, 0.15) is 38.7 Å². The molecule has 1 aromatic rings. The minimum absolute atomic E-state index is 0.316. The standard InChI is InChI=1S/C16H21NO/c1-12(2)16-14(9-6-10-15(16)18)17-11-13-7-4-3-5-8-13/h3-5,7-8,12,17H,6,9-11H2,1-2H3. The molecule has 18 heavy (non-hydrogen) atoms. The van der Waals surface area contributed by atoms with Crippen molar-refractivity contribution < 1.29 is 4.79 Å². The fraction of sp³-hybridized carbons (Fsp3) is 0.438. The van der Waals surface area contributed by atoms with Crippen LogP contribution in [0.2, 0.25) is 0 Å². The molecule has 2 nitrogen and oxygen atoms in total. The zero-order chi connectivity index (χ0) is 13.0. The maximum Gasteiger partial charge on any atom is 0.160 e. The van der Waals surface area contributed by atoms with Gasteiger partial charge in [0, 0.05) is 24.2 Å². The molecule has 0 amide bonds. The number of benzene rings is 1. The molecule has 0 aromatic heterocycles. The molecule has 0 radical (unpaired) electrons. The smallest absolute Gasteiger partial charge is 0.160 e. The van der Waals surface area contributed by atoms with Crippen molar-refractivity contribution in [3.63, 3.8) is 0 Å². The Hall–Kier alpha value is -1.57. The van der Waals surface area contributed by atoms with Crippen LogP contribution in [0.15, 0.2) is 41.6 Å². The number of hydrogen-bond donors (Lipinski definition) is 1. The van der Waals surface area contributed by atoms with Crippen LogP contribution in [0, 0.1) is 5.92 Å². The van der Waals surface area contributed by atoms with E-state index < -0.39 is 0 Å². The molecule has 1 aliphatic carbocycles. The van der Waals surface area contributed by atoms with Crippen molar-refractivity contribution in [3.8, 4) is 0 Å². The normalized spacial score (nSPS) is 16.3. The van der Waals surface area contributed by atoms with E-state index in [9.17, 15) is 4.79 Å². The average Bonchev–Trinajstić information content (AvgIpc) is 2.37. The van der Waals surface area contributed by atoms with E-state index in [1.807, 2.05) is 18.2 Å². The molecule has 96 valence electrons. The van der Waals surface area contributed by atoms with Crippen LogP contribution in [-0.2, 0) is 11.3 Å². The lowest BCUT2D eigenvalue weighted by Crippen LogP contribution is -2.24. The largest absolute Gasteiger partial charge is 0.384 e. The minimum atomic E-state index is 0.316. The molecule has 0 atom stereocenters. The van der Waals surface area contributed by atoms with Gasteiger partial charge in [0.2, 0.25) is 0 Å². The van der Waals surface area contributed by atoms with Crippen molar-refractivity contribution in [2.45, 2.75) is 39.7 Å². The van der Waals surface area contributed by atoms with Crippen molar-refractivity contribution in [2.75, 3.05) is 0 Å². The molecular weight excluding hydrogens is 222 g/mol. The van der Waals surface area contributed by atoms with E-state index in [1.165, 1.54) is 5.56 Å². The Morgan fingerprint density at radius 1 is 1.17 bits per heavy atom. The Balaban J connectivity index is 2.10. The SMILES string of the molecule is CC(C)C1=C(NCc2ccccc2)CCCC1=O. The van der Waals surface area contributed by atoms with Gasteiger partial charge in [-0.05, 0) is 24.3 Å². The maximum absolute atomic E-state index is 12.0. The molecule has 0 saturated carbocycles. The third-order valence-electron chi connectivity index (χ3n) is 3.38. The monoisotopic (exact) mass is 243 g/mol. The molecular formula is C16H21NO. The molecule has 0 spiro atoms. The second-order valence-electron chi connectivity index (χ2n) is 5.16. The van der Waals surface area contributed by atoms with Crippen LogP contribution in [0.25, 0.3) is 0 Å². The van der Waals surface area contributed by atoms with E-state index in [2.05, 4.69) is 31.3 Å². The molecule has 0 bridgehead atoms. The fourth-order valence-electron chi connectivity index (χ4n) is 2.52. The first-order chi connectivity index (χ1) is 8.68. The molecule has 1 N–H and O–H groups in total. The summed E-state index contributed by atoms with van der Waals surface area (Å²) in [7, 11) is 0. The first kappa shape index (κ1) is 12.9. The van der Waals surface area contributed by atoms with E-state index in [0.717, 1.165) is 30.7 Å². The summed E-state index contributed by atoms with van der Waals surface area (Å²) in [5.74, 6) is 0.642. The first-order valence-electron chi connectivity index (χ1n) is 6.72. The van der Waals surface area contributed by atoms with Crippen molar-refractivity contribution in [3.05, 3.63) is 47.2 Å². The van der Waals surface area contributed by atoms with E-state index in [0.29, 0.717) is 18.1 Å². The summed E-state index contributed by atoms with van der Waals surface area (Å²) in [6, 6.07) is 10.3. The fourth-order valence-corrected chi connectivity index (χ4v) is 2.52. The summed E-state index contributed by atoms with van der Waals surface area (Å²) in [5.41, 5.74) is 3.42. The lowest BCUT2D eigenvalue weighted by atomic mass is 9.87. The molecule has 2 heteroatoms. The third kappa shape index (κ3) is 3.00. The number of allylic oxidation sites excluding steroid dienone is 2. The lowest BCUT2D eigenvalue weighted by Gasteiger charge is -2.23. The summed E-state index contributed by atoms with van der Waals surface area (Å²) in [6.45, 7) is 5.01. The van der Waals surface area contributed by atoms with Gasteiger partial charge in [0.1, 0.15) is 0 Å². The Morgan fingerprint density at radius 3 is 2.56 bits per heavy atom. The van der Waals surface area contributed by atoms with Crippen LogP contribution in [-0.4, -0.2) is 5.78 Å². The highest BCUT2D eigenvalue weighted by Crippen LogP contribution is 2.25. The predicted molar refractivity (Wildman–Crippen MR) is 74.0 cm³/mol. The van der Waals surface area contributed by atoms with E-state index in [1.54, 1.807) is 0 Å². The van der Waals surface area contributed by atoms with Crippen LogP contribution in [0.3, 0.4) is 0 Å². The molecule has 0 saturated heterocycles. The number of hydrogen-bond acceptors (Lipinski definition) is 2. The quantitative estimate of drug-likeness (QED) is 0.877. The van der Waals surface area contributed by atoms with Crippen molar-refractivity contribution in [1.29, 1.82) is 0 Å². The molecule has 0 heterocycles. The van der Waals surface area contributed by atoms with Crippen LogP contribution < -0.4 is 5.32 Å². The van der Waals surface area contributed by atoms with Gasteiger partial charge in [-0.1, -0.05) is 44.2 Å².